The number of carbonyl (C=O) groups excluding carboxylic acids is 2. The second kappa shape index (κ2) is 6.84. The molecule has 3 rings (SSSR count). The van der Waals surface area contributed by atoms with Crippen molar-refractivity contribution in [2.75, 3.05) is 5.01 Å². The fourth-order valence-corrected chi connectivity index (χ4v) is 3.79. The summed E-state index contributed by atoms with van der Waals surface area (Å²) in [6.45, 7) is 7.04. The summed E-state index contributed by atoms with van der Waals surface area (Å²) in [7, 11) is 0. The molecule has 7 heteroatoms. The molecular weight excluding hydrogens is 336 g/mol. The number of aromatic nitrogens is 3. The third-order valence-corrected chi connectivity index (χ3v) is 5.19. The van der Waals surface area contributed by atoms with Crippen LogP contribution >= 0.6 is 11.8 Å². The van der Waals surface area contributed by atoms with E-state index in [-0.39, 0.29) is 11.7 Å². The first-order valence-corrected chi connectivity index (χ1v) is 9.07. The number of amides is 1. The molecule has 1 aromatic carbocycles. The lowest BCUT2D eigenvalue weighted by Crippen LogP contribution is -2.41. The van der Waals surface area contributed by atoms with Gasteiger partial charge in [-0.3, -0.25) is 9.59 Å². The lowest BCUT2D eigenvalue weighted by atomic mass is 10.1. The van der Waals surface area contributed by atoms with Crippen molar-refractivity contribution >= 4 is 29.1 Å². The minimum Gasteiger partial charge on any atom is -0.294 e. The van der Waals surface area contributed by atoms with Crippen LogP contribution in [0.4, 0.5) is 0 Å². The number of ketones is 1. The molecule has 25 heavy (non-hydrogen) atoms. The molecule has 1 amide bonds. The van der Waals surface area contributed by atoms with Gasteiger partial charge in [-0.15, -0.1) is 10.2 Å². The Morgan fingerprint density at radius 1 is 1.04 bits per heavy atom. The Morgan fingerprint density at radius 3 is 2.24 bits per heavy atom. The molecule has 0 bridgehead atoms. The van der Waals surface area contributed by atoms with Crippen LogP contribution in [0.1, 0.15) is 44.6 Å². The maximum Gasteiger partial charge on any atom is 0.243 e. The molecule has 0 fully saturated rings. The van der Waals surface area contributed by atoms with Crippen LogP contribution in [0.25, 0.3) is 5.70 Å². The summed E-state index contributed by atoms with van der Waals surface area (Å²) in [5.74, 6) is 0.394. The van der Waals surface area contributed by atoms with Crippen LogP contribution in [0.2, 0.25) is 0 Å². The van der Waals surface area contributed by atoms with Crippen molar-refractivity contribution in [3.63, 3.8) is 0 Å². The fourth-order valence-electron chi connectivity index (χ4n) is 2.81. The van der Waals surface area contributed by atoms with Gasteiger partial charge in [0.25, 0.3) is 0 Å². The molecule has 0 saturated carbocycles. The van der Waals surface area contributed by atoms with E-state index in [2.05, 4.69) is 17.1 Å². The van der Waals surface area contributed by atoms with Gasteiger partial charge in [0.05, 0.1) is 10.6 Å². The van der Waals surface area contributed by atoms with Crippen LogP contribution < -0.4 is 5.01 Å². The van der Waals surface area contributed by atoms with Gasteiger partial charge >= 0.3 is 0 Å². The summed E-state index contributed by atoms with van der Waals surface area (Å²) < 4.78 is 1.71. The summed E-state index contributed by atoms with van der Waals surface area (Å²) in [5.41, 5.74) is 2.62. The Balaban J connectivity index is 2.24. The molecule has 0 atom stereocenters. The molecule has 0 aliphatic carbocycles. The Bertz CT molecular complexity index is 868. The normalized spacial score (nSPS) is 13.8. The number of Topliss-reactive ketones (excluding diaryl/α,β-unsaturated/α-hetero) is 1. The van der Waals surface area contributed by atoms with E-state index in [1.807, 2.05) is 31.2 Å². The number of benzene rings is 1. The van der Waals surface area contributed by atoms with Gasteiger partial charge in [-0.2, -0.15) is 0 Å². The summed E-state index contributed by atoms with van der Waals surface area (Å²) in [6.07, 6.45) is 1.56. The number of thioether (sulfide) groups is 1. The van der Waals surface area contributed by atoms with Crippen molar-refractivity contribution in [1.29, 1.82) is 0 Å². The molecule has 1 aliphatic heterocycles. The topological polar surface area (TPSA) is 68.1 Å². The van der Waals surface area contributed by atoms with Gasteiger partial charge in [-0.1, -0.05) is 38.1 Å². The third kappa shape index (κ3) is 3.00. The zero-order valence-corrected chi connectivity index (χ0v) is 15.6. The first kappa shape index (κ1) is 17.4. The SMILES string of the molecule is CCc1ccc(C2=C(C(C)=O)Sc3nnc(CC)n3N2C(C)=O)cc1. The highest BCUT2D eigenvalue weighted by molar-refractivity contribution is 8.04. The van der Waals surface area contributed by atoms with Crippen molar-refractivity contribution in [3.05, 3.63) is 46.1 Å². The second-order valence-electron chi connectivity index (χ2n) is 5.78. The highest BCUT2D eigenvalue weighted by Gasteiger charge is 2.34. The van der Waals surface area contributed by atoms with Gasteiger partial charge in [0, 0.05) is 18.9 Å². The first-order valence-electron chi connectivity index (χ1n) is 8.25. The molecule has 0 unspecified atom stereocenters. The predicted molar refractivity (Wildman–Crippen MR) is 97.6 cm³/mol. The molecular formula is C18H20N4O2S. The lowest BCUT2D eigenvalue weighted by molar-refractivity contribution is -0.117. The van der Waals surface area contributed by atoms with E-state index >= 15 is 0 Å². The monoisotopic (exact) mass is 356 g/mol. The van der Waals surface area contributed by atoms with Gasteiger partial charge in [0.15, 0.2) is 11.6 Å². The number of carbonyl (C=O) groups is 2. The third-order valence-electron chi connectivity index (χ3n) is 4.07. The van der Waals surface area contributed by atoms with Crippen molar-refractivity contribution in [3.8, 4) is 0 Å². The first-order chi connectivity index (χ1) is 12.0. The van der Waals surface area contributed by atoms with E-state index in [0.29, 0.717) is 28.0 Å². The summed E-state index contributed by atoms with van der Waals surface area (Å²) >= 11 is 1.26. The van der Waals surface area contributed by atoms with E-state index in [9.17, 15) is 9.59 Å². The molecule has 0 saturated heterocycles. The average molecular weight is 356 g/mol. The van der Waals surface area contributed by atoms with Crippen LogP contribution in [-0.4, -0.2) is 26.6 Å². The van der Waals surface area contributed by atoms with E-state index in [1.165, 1.54) is 36.2 Å². The van der Waals surface area contributed by atoms with Crippen LogP contribution in [-0.2, 0) is 22.4 Å². The molecule has 0 radical (unpaired) electrons. The zero-order valence-electron chi connectivity index (χ0n) is 14.7. The molecule has 130 valence electrons. The molecule has 2 heterocycles. The van der Waals surface area contributed by atoms with Crippen molar-refractivity contribution in [2.45, 2.75) is 45.7 Å². The highest BCUT2D eigenvalue weighted by Crippen LogP contribution is 2.39. The second-order valence-corrected chi connectivity index (χ2v) is 6.76. The molecule has 0 N–H and O–H groups in total. The Labute approximate surface area is 150 Å². The molecule has 1 aliphatic rings. The number of hydrogen-bond donors (Lipinski definition) is 0. The average Bonchev–Trinajstić information content (AvgIpc) is 3.02. The van der Waals surface area contributed by atoms with Gasteiger partial charge in [-0.05, 0) is 30.7 Å². The van der Waals surface area contributed by atoms with E-state index < -0.39 is 0 Å². The van der Waals surface area contributed by atoms with Crippen LogP contribution in [0.5, 0.6) is 0 Å². The van der Waals surface area contributed by atoms with Crippen LogP contribution in [0.15, 0.2) is 34.3 Å². The molecule has 2 aromatic rings. The number of rotatable bonds is 4. The van der Waals surface area contributed by atoms with E-state index in [4.69, 9.17) is 0 Å². The predicted octanol–water partition coefficient (Wildman–Crippen LogP) is 2.95. The van der Waals surface area contributed by atoms with Crippen LogP contribution in [0, 0.1) is 0 Å². The fraction of sp³-hybridized carbons (Fsp3) is 0.333. The standard InChI is InChI=1S/C18H20N4O2S/c1-5-13-7-9-14(10-8-13)16-17(11(3)23)25-18-20-19-15(6-2)22(18)21(16)12(4)24/h7-10H,5-6H2,1-4H3. The quantitative estimate of drug-likeness (QED) is 0.842. The Kier molecular flexibility index (Phi) is 4.76. The van der Waals surface area contributed by atoms with Crippen molar-refractivity contribution in [2.24, 2.45) is 0 Å². The van der Waals surface area contributed by atoms with Gasteiger partial charge in [-0.25, -0.2) is 9.69 Å². The molecule has 0 spiro atoms. The minimum absolute atomic E-state index is 0.0990. The number of allylic oxidation sites excluding steroid dienone is 1. The van der Waals surface area contributed by atoms with Crippen molar-refractivity contribution in [1.82, 2.24) is 14.9 Å². The highest BCUT2D eigenvalue weighted by atomic mass is 32.2. The molecule has 6 nitrogen and oxygen atoms in total. The van der Waals surface area contributed by atoms with Crippen molar-refractivity contribution < 1.29 is 9.59 Å². The van der Waals surface area contributed by atoms with Gasteiger partial charge in [0.1, 0.15) is 0 Å². The summed E-state index contributed by atoms with van der Waals surface area (Å²) in [5, 5.41) is 10.4. The van der Waals surface area contributed by atoms with Gasteiger partial charge in [0.2, 0.25) is 11.1 Å². The smallest absolute Gasteiger partial charge is 0.243 e. The zero-order chi connectivity index (χ0) is 18.1. The maximum atomic E-state index is 12.5. The number of fused-ring (bicyclic) bond motifs is 1. The number of hydrogen-bond acceptors (Lipinski definition) is 5. The van der Waals surface area contributed by atoms with Gasteiger partial charge < -0.3 is 0 Å². The summed E-state index contributed by atoms with van der Waals surface area (Å²) in [4.78, 5) is 25.3. The lowest BCUT2D eigenvalue weighted by Gasteiger charge is -2.32. The van der Waals surface area contributed by atoms with E-state index in [0.717, 1.165) is 12.0 Å². The minimum atomic E-state index is -0.190. The summed E-state index contributed by atoms with van der Waals surface area (Å²) in [6, 6.07) is 7.94. The Hall–Kier alpha value is -2.41. The Morgan fingerprint density at radius 2 is 1.72 bits per heavy atom. The van der Waals surface area contributed by atoms with Crippen LogP contribution in [0.3, 0.4) is 0 Å². The maximum absolute atomic E-state index is 12.5. The molecule has 1 aromatic heterocycles. The number of nitrogens with zero attached hydrogens (tertiary/aromatic N) is 4. The van der Waals surface area contributed by atoms with E-state index in [1.54, 1.807) is 4.68 Å². The number of aryl methyl sites for hydroxylation is 2. The largest absolute Gasteiger partial charge is 0.294 e.